The average Bonchev–Trinajstić information content (AvgIpc) is 1.94. The van der Waals surface area contributed by atoms with Crippen molar-refractivity contribution in [1.82, 2.24) is 9.97 Å². The highest BCUT2D eigenvalue weighted by Gasteiger charge is 2.11. The Bertz CT molecular complexity index is 264. The molecule has 2 N–H and O–H groups in total. The van der Waals surface area contributed by atoms with Crippen molar-refractivity contribution in [3.05, 3.63) is 17.0 Å². The van der Waals surface area contributed by atoms with Crippen LogP contribution in [-0.2, 0) is 0 Å². The van der Waals surface area contributed by atoms with Crippen molar-refractivity contribution in [2.45, 2.75) is 13.1 Å². The summed E-state index contributed by atoms with van der Waals surface area (Å²) < 4.78 is 12.6. The zero-order chi connectivity index (χ0) is 8.43. The third-order valence-electron chi connectivity index (χ3n) is 1.22. The van der Waals surface area contributed by atoms with Gasteiger partial charge in [0.2, 0.25) is 0 Å². The fourth-order valence-corrected chi connectivity index (χ4v) is 0.923. The molecule has 0 amide bonds. The number of nitrogens with zero attached hydrogens (tertiary/aromatic N) is 2. The van der Waals surface area contributed by atoms with E-state index in [0.29, 0.717) is 0 Å². The Kier molecular flexibility index (Phi) is 2.24. The molecule has 0 aliphatic carbocycles. The maximum absolute atomic E-state index is 12.6. The van der Waals surface area contributed by atoms with E-state index in [9.17, 15) is 4.39 Å². The van der Waals surface area contributed by atoms with Gasteiger partial charge in [-0.15, -0.1) is 0 Å². The number of anilines is 1. The topological polar surface area (TPSA) is 51.8 Å². The van der Waals surface area contributed by atoms with Gasteiger partial charge in [0.25, 0.3) is 0 Å². The summed E-state index contributed by atoms with van der Waals surface area (Å²) in [4.78, 5) is 7.23. The van der Waals surface area contributed by atoms with Crippen LogP contribution in [0.2, 0.25) is 5.02 Å². The van der Waals surface area contributed by atoms with E-state index in [-0.39, 0.29) is 16.5 Å². The van der Waals surface area contributed by atoms with Crippen LogP contribution in [0.5, 0.6) is 0 Å². The summed E-state index contributed by atoms with van der Waals surface area (Å²) in [6.07, 6.45) is -0.0279. The Morgan fingerprint density at radius 1 is 1.64 bits per heavy atom. The minimum absolute atomic E-state index is 0.0995. The molecule has 0 aromatic carbocycles. The first-order chi connectivity index (χ1) is 5.13. The van der Waals surface area contributed by atoms with Crippen LogP contribution in [-0.4, -0.2) is 9.97 Å². The number of aromatic nitrogens is 2. The third-order valence-corrected chi connectivity index (χ3v) is 1.61. The monoisotopic (exact) mass is 175 g/mol. The summed E-state index contributed by atoms with van der Waals surface area (Å²) >= 11 is 5.60. The molecule has 0 aliphatic heterocycles. The van der Waals surface area contributed by atoms with Crippen LogP contribution in [0.3, 0.4) is 0 Å². The molecule has 5 heteroatoms. The molecule has 1 atom stereocenters. The molecule has 0 radical (unpaired) electrons. The Balaban J connectivity index is 3.17. The molecule has 1 aromatic rings. The normalized spacial score (nSPS) is 13.0. The summed E-state index contributed by atoms with van der Waals surface area (Å²) in [5.74, 6) is 0.112. The summed E-state index contributed by atoms with van der Waals surface area (Å²) in [7, 11) is 0. The Hall–Kier alpha value is -0.900. The molecular weight excluding hydrogens is 169 g/mol. The Labute approximate surface area is 68.4 Å². The fourth-order valence-electron chi connectivity index (χ4n) is 0.675. The van der Waals surface area contributed by atoms with Gasteiger partial charge in [0.05, 0.1) is 5.69 Å². The van der Waals surface area contributed by atoms with Gasteiger partial charge in [-0.1, -0.05) is 11.6 Å². The van der Waals surface area contributed by atoms with Crippen LogP contribution in [0.15, 0.2) is 6.33 Å². The minimum Gasteiger partial charge on any atom is -0.382 e. The van der Waals surface area contributed by atoms with Gasteiger partial charge in [0.15, 0.2) is 0 Å². The molecule has 0 saturated heterocycles. The van der Waals surface area contributed by atoms with Gasteiger partial charge in [-0.3, -0.25) is 0 Å². The van der Waals surface area contributed by atoms with Crippen LogP contribution in [0.4, 0.5) is 10.2 Å². The zero-order valence-corrected chi connectivity index (χ0v) is 6.64. The van der Waals surface area contributed by atoms with Crippen molar-refractivity contribution >= 4 is 17.4 Å². The predicted molar refractivity (Wildman–Crippen MR) is 41.0 cm³/mol. The van der Waals surface area contributed by atoms with Crippen LogP contribution in [0.1, 0.15) is 18.8 Å². The van der Waals surface area contributed by atoms with E-state index in [1.165, 1.54) is 13.3 Å². The lowest BCUT2D eigenvalue weighted by atomic mass is 10.3. The highest BCUT2D eigenvalue weighted by molar-refractivity contribution is 6.33. The molecule has 1 heterocycles. The molecule has 11 heavy (non-hydrogen) atoms. The molecule has 0 saturated carbocycles. The lowest BCUT2D eigenvalue weighted by molar-refractivity contribution is 0.365. The lowest BCUT2D eigenvalue weighted by Crippen LogP contribution is -1.99. The van der Waals surface area contributed by atoms with E-state index in [1.807, 2.05) is 0 Å². The quantitative estimate of drug-likeness (QED) is 0.708. The number of nitrogen functional groups attached to an aromatic ring is 1. The van der Waals surface area contributed by atoms with E-state index < -0.39 is 6.17 Å². The van der Waals surface area contributed by atoms with E-state index in [4.69, 9.17) is 17.3 Å². The van der Waals surface area contributed by atoms with Crippen LogP contribution >= 0.6 is 11.6 Å². The van der Waals surface area contributed by atoms with Crippen molar-refractivity contribution in [3.63, 3.8) is 0 Å². The molecule has 0 aliphatic rings. The van der Waals surface area contributed by atoms with E-state index in [2.05, 4.69) is 9.97 Å². The second-order valence-corrected chi connectivity index (χ2v) is 2.45. The summed E-state index contributed by atoms with van der Waals surface area (Å²) in [6, 6.07) is 0. The summed E-state index contributed by atoms with van der Waals surface area (Å²) in [6.45, 7) is 1.34. The second kappa shape index (κ2) is 3.00. The maximum Gasteiger partial charge on any atom is 0.146 e. The van der Waals surface area contributed by atoms with Gasteiger partial charge in [0, 0.05) is 0 Å². The molecular formula is C6H7ClFN3. The molecule has 0 bridgehead atoms. The molecule has 0 fully saturated rings. The first-order valence-corrected chi connectivity index (χ1v) is 3.40. The summed E-state index contributed by atoms with van der Waals surface area (Å²) in [5, 5.41) is 0.0995. The number of halogens is 2. The highest BCUT2D eigenvalue weighted by Crippen LogP contribution is 2.25. The van der Waals surface area contributed by atoms with Crippen molar-refractivity contribution in [2.75, 3.05) is 5.73 Å². The van der Waals surface area contributed by atoms with Crippen LogP contribution in [0, 0.1) is 0 Å². The largest absolute Gasteiger partial charge is 0.382 e. The van der Waals surface area contributed by atoms with Crippen LogP contribution in [0.25, 0.3) is 0 Å². The SMILES string of the molecule is CC(F)c1ncnc(N)c1Cl. The maximum atomic E-state index is 12.6. The van der Waals surface area contributed by atoms with Crippen molar-refractivity contribution in [1.29, 1.82) is 0 Å². The van der Waals surface area contributed by atoms with Gasteiger partial charge in [-0.2, -0.15) is 0 Å². The first-order valence-electron chi connectivity index (χ1n) is 3.03. The number of rotatable bonds is 1. The van der Waals surface area contributed by atoms with Gasteiger partial charge in [0.1, 0.15) is 23.3 Å². The molecule has 60 valence electrons. The van der Waals surface area contributed by atoms with E-state index in [0.717, 1.165) is 0 Å². The molecule has 1 unspecified atom stereocenters. The van der Waals surface area contributed by atoms with E-state index >= 15 is 0 Å². The fraction of sp³-hybridized carbons (Fsp3) is 0.333. The van der Waals surface area contributed by atoms with Gasteiger partial charge in [-0.25, -0.2) is 14.4 Å². The third kappa shape index (κ3) is 1.57. The van der Waals surface area contributed by atoms with Gasteiger partial charge in [-0.05, 0) is 6.92 Å². The summed E-state index contributed by atoms with van der Waals surface area (Å²) in [5.41, 5.74) is 5.45. The number of hydrogen-bond acceptors (Lipinski definition) is 3. The van der Waals surface area contributed by atoms with Crippen molar-refractivity contribution in [3.8, 4) is 0 Å². The molecule has 3 nitrogen and oxygen atoms in total. The first kappa shape index (κ1) is 8.20. The highest BCUT2D eigenvalue weighted by atomic mass is 35.5. The standard InChI is InChI=1S/C6H7ClFN3/c1-3(8)5-4(7)6(9)11-2-10-5/h2-3H,1H3,(H2,9,10,11). The zero-order valence-electron chi connectivity index (χ0n) is 5.88. The predicted octanol–water partition coefficient (Wildman–Crippen LogP) is 1.74. The second-order valence-electron chi connectivity index (χ2n) is 2.07. The molecule has 0 spiro atoms. The van der Waals surface area contributed by atoms with Crippen LogP contribution < -0.4 is 5.73 Å². The number of nitrogens with two attached hydrogens (primary N) is 1. The minimum atomic E-state index is -1.22. The van der Waals surface area contributed by atoms with E-state index in [1.54, 1.807) is 0 Å². The van der Waals surface area contributed by atoms with Crippen molar-refractivity contribution < 1.29 is 4.39 Å². The van der Waals surface area contributed by atoms with Gasteiger partial charge >= 0.3 is 0 Å². The Morgan fingerprint density at radius 3 is 2.73 bits per heavy atom. The smallest absolute Gasteiger partial charge is 0.146 e. The number of alkyl halides is 1. The molecule has 1 rings (SSSR count). The van der Waals surface area contributed by atoms with Crippen molar-refractivity contribution in [2.24, 2.45) is 0 Å². The van der Waals surface area contributed by atoms with Gasteiger partial charge < -0.3 is 5.73 Å². The average molecular weight is 176 g/mol. The molecule has 1 aromatic heterocycles. The lowest BCUT2D eigenvalue weighted by Gasteiger charge is -2.03. The Morgan fingerprint density at radius 2 is 2.27 bits per heavy atom. The number of hydrogen-bond donors (Lipinski definition) is 1.